The number of nitrogens with zero attached hydrogens (tertiary/aromatic N) is 6. The van der Waals surface area contributed by atoms with Gasteiger partial charge in [0.1, 0.15) is 5.69 Å². The molecule has 0 atom stereocenters. The van der Waals surface area contributed by atoms with Crippen molar-refractivity contribution in [2.75, 3.05) is 27.2 Å². The van der Waals surface area contributed by atoms with Gasteiger partial charge in [0.15, 0.2) is 0 Å². The minimum Gasteiger partial charge on any atom is -0.334 e. The lowest BCUT2D eigenvalue weighted by molar-refractivity contribution is 0.0611. The third kappa shape index (κ3) is 2.96. The molecule has 0 radical (unpaired) electrons. The minimum absolute atomic E-state index is 0.0120. The lowest BCUT2D eigenvalue weighted by Gasteiger charge is -2.34. The maximum Gasteiger partial charge on any atom is 0.316 e. The van der Waals surface area contributed by atoms with Crippen molar-refractivity contribution >= 4 is 5.91 Å². The van der Waals surface area contributed by atoms with Gasteiger partial charge < -0.3 is 14.3 Å². The van der Waals surface area contributed by atoms with E-state index in [2.05, 4.69) is 32.1 Å². The molecule has 22 heavy (non-hydrogen) atoms. The van der Waals surface area contributed by atoms with Gasteiger partial charge in [0.05, 0.1) is 6.20 Å². The summed E-state index contributed by atoms with van der Waals surface area (Å²) in [5.74, 6) is 0.00695. The Morgan fingerprint density at radius 1 is 1.36 bits per heavy atom. The first-order valence-electron chi connectivity index (χ1n) is 7.21. The van der Waals surface area contributed by atoms with Crippen LogP contribution in [0, 0.1) is 0 Å². The van der Waals surface area contributed by atoms with E-state index in [1.807, 2.05) is 0 Å². The van der Waals surface area contributed by atoms with Crippen LogP contribution in [0.2, 0.25) is 0 Å². The van der Waals surface area contributed by atoms with Crippen molar-refractivity contribution in [2.45, 2.75) is 18.9 Å². The normalized spacial score (nSPS) is 16.6. The van der Waals surface area contributed by atoms with Gasteiger partial charge in [-0.1, -0.05) is 5.16 Å². The molecular weight excluding hydrogens is 284 g/mol. The van der Waals surface area contributed by atoms with E-state index in [0.29, 0.717) is 5.69 Å². The number of hydrogen-bond acceptors (Lipinski definition) is 7. The molecule has 1 fully saturated rings. The Balaban J connectivity index is 1.71. The van der Waals surface area contributed by atoms with Crippen molar-refractivity contribution in [3.05, 3.63) is 24.5 Å². The Morgan fingerprint density at radius 3 is 2.82 bits per heavy atom. The highest BCUT2D eigenvalue weighted by Gasteiger charge is 2.28. The van der Waals surface area contributed by atoms with Crippen molar-refractivity contribution in [3.63, 3.8) is 0 Å². The van der Waals surface area contributed by atoms with Gasteiger partial charge in [-0.2, -0.15) is 4.98 Å². The number of hydrogen-bond donors (Lipinski definition) is 0. The third-order valence-corrected chi connectivity index (χ3v) is 3.96. The van der Waals surface area contributed by atoms with Gasteiger partial charge in [-0.15, -0.1) is 0 Å². The molecule has 3 heterocycles. The van der Waals surface area contributed by atoms with E-state index in [4.69, 9.17) is 4.52 Å². The van der Waals surface area contributed by atoms with Crippen LogP contribution in [0.4, 0.5) is 0 Å². The summed E-state index contributed by atoms with van der Waals surface area (Å²) in [5.41, 5.74) is 0.479. The molecule has 0 saturated carbocycles. The second-order valence-electron chi connectivity index (χ2n) is 5.46. The van der Waals surface area contributed by atoms with Crippen LogP contribution < -0.4 is 0 Å². The first-order valence-corrected chi connectivity index (χ1v) is 7.21. The number of rotatable bonds is 3. The fourth-order valence-electron chi connectivity index (χ4n) is 2.53. The summed E-state index contributed by atoms with van der Waals surface area (Å²) in [6.07, 6.45) is 6.52. The Labute approximate surface area is 128 Å². The summed E-state index contributed by atoms with van der Waals surface area (Å²) >= 11 is 0. The second-order valence-corrected chi connectivity index (χ2v) is 5.46. The van der Waals surface area contributed by atoms with Crippen molar-refractivity contribution in [3.8, 4) is 11.5 Å². The molecule has 0 spiro atoms. The molecular formula is C14H18N6O2. The van der Waals surface area contributed by atoms with Gasteiger partial charge >= 0.3 is 11.8 Å². The SMILES string of the molecule is CN1CCC(N(C)C(=O)c2nc(-c3cnccn3)no2)CC1. The summed E-state index contributed by atoms with van der Waals surface area (Å²) in [5, 5.41) is 3.80. The molecule has 116 valence electrons. The average Bonchev–Trinajstić information content (AvgIpc) is 3.05. The zero-order chi connectivity index (χ0) is 15.5. The molecule has 3 rings (SSSR count). The van der Waals surface area contributed by atoms with E-state index in [-0.39, 0.29) is 23.7 Å². The van der Waals surface area contributed by atoms with E-state index >= 15 is 0 Å². The Kier molecular flexibility index (Phi) is 4.10. The molecule has 0 aliphatic carbocycles. The van der Waals surface area contributed by atoms with E-state index in [1.165, 1.54) is 12.4 Å². The number of carbonyl (C=O) groups excluding carboxylic acids is 1. The predicted molar refractivity (Wildman–Crippen MR) is 77.9 cm³/mol. The molecule has 1 saturated heterocycles. The number of carbonyl (C=O) groups is 1. The summed E-state index contributed by atoms with van der Waals surface area (Å²) in [6, 6.07) is 0.204. The van der Waals surface area contributed by atoms with Crippen LogP contribution in [0.25, 0.3) is 11.5 Å². The first-order chi connectivity index (χ1) is 10.6. The van der Waals surface area contributed by atoms with Crippen molar-refractivity contribution < 1.29 is 9.32 Å². The first kappa shape index (κ1) is 14.6. The Bertz CT molecular complexity index is 636. The molecule has 1 aliphatic heterocycles. The van der Waals surface area contributed by atoms with Crippen LogP contribution in [-0.4, -0.2) is 69.0 Å². The minimum atomic E-state index is -0.253. The number of aromatic nitrogens is 4. The molecule has 0 unspecified atom stereocenters. The standard InChI is InChI=1S/C14H18N6O2/c1-19-7-3-10(4-8-19)20(2)14(21)13-17-12(18-22-13)11-9-15-5-6-16-11/h5-6,9-10H,3-4,7-8H2,1-2H3. The zero-order valence-electron chi connectivity index (χ0n) is 12.6. The molecule has 8 heteroatoms. The fourth-order valence-corrected chi connectivity index (χ4v) is 2.53. The summed E-state index contributed by atoms with van der Waals surface area (Å²) in [7, 11) is 3.87. The van der Waals surface area contributed by atoms with E-state index in [0.717, 1.165) is 25.9 Å². The zero-order valence-corrected chi connectivity index (χ0v) is 12.6. The smallest absolute Gasteiger partial charge is 0.316 e. The van der Waals surface area contributed by atoms with Gasteiger partial charge in [-0.05, 0) is 33.0 Å². The van der Waals surface area contributed by atoms with Crippen LogP contribution >= 0.6 is 0 Å². The van der Waals surface area contributed by atoms with Gasteiger partial charge in [-0.25, -0.2) is 4.98 Å². The molecule has 0 N–H and O–H groups in total. The van der Waals surface area contributed by atoms with Crippen molar-refractivity contribution in [1.29, 1.82) is 0 Å². The number of amides is 1. The third-order valence-electron chi connectivity index (χ3n) is 3.96. The molecule has 2 aromatic heterocycles. The summed E-state index contributed by atoms with van der Waals surface area (Å²) in [6.45, 7) is 1.97. The number of likely N-dealkylation sites (tertiary alicyclic amines) is 1. The van der Waals surface area contributed by atoms with Crippen LogP contribution in [0.1, 0.15) is 23.5 Å². The van der Waals surface area contributed by atoms with Crippen LogP contribution in [0.5, 0.6) is 0 Å². The van der Waals surface area contributed by atoms with Crippen LogP contribution in [0.15, 0.2) is 23.1 Å². The summed E-state index contributed by atoms with van der Waals surface area (Å²) in [4.78, 5) is 28.6. The van der Waals surface area contributed by atoms with Crippen molar-refractivity contribution in [2.24, 2.45) is 0 Å². The largest absolute Gasteiger partial charge is 0.334 e. The maximum atomic E-state index is 12.5. The van der Waals surface area contributed by atoms with Gasteiger partial charge in [0, 0.05) is 25.5 Å². The molecule has 8 nitrogen and oxygen atoms in total. The van der Waals surface area contributed by atoms with E-state index in [9.17, 15) is 4.79 Å². The topological polar surface area (TPSA) is 88.2 Å². The van der Waals surface area contributed by atoms with Crippen LogP contribution in [-0.2, 0) is 0 Å². The predicted octanol–water partition coefficient (Wildman–Crippen LogP) is 0.693. The highest BCUT2D eigenvalue weighted by atomic mass is 16.5. The fraction of sp³-hybridized carbons (Fsp3) is 0.500. The lowest BCUT2D eigenvalue weighted by atomic mass is 10.0. The number of piperidine rings is 1. The van der Waals surface area contributed by atoms with E-state index < -0.39 is 0 Å². The highest BCUT2D eigenvalue weighted by Crippen LogP contribution is 2.17. The molecule has 1 aliphatic rings. The molecule has 0 aromatic carbocycles. The quantitative estimate of drug-likeness (QED) is 0.824. The molecule has 1 amide bonds. The van der Waals surface area contributed by atoms with Crippen LogP contribution in [0.3, 0.4) is 0 Å². The highest BCUT2D eigenvalue weighted by molar-refractivity contribution is 5.90. The average molecular weight is 302 g/mol. The monoisotopic (exact) mass is 302 g/mol. The summed E-state index contributed by atoms with van der Waals surface area (Å²) < 4.78 is 5.08. The van der Waals surface area contributed by atoms with Gasteiger partial charge in [-0.3, -0.25) is 9.78 Å². The second kappa shape index (κ2) is 6.18. The Hall–Kier alpha value is -2.35. The maximum absolute atomic E-state index is 12.5. The lowest BCUT2D eigenvalue weighted by Crippen LogP contribution is -2.44. The van der Waals surface area contributed by atoms with E-state index in [1.54, 1.807) is 18.1 Å². The van der Waals surface area contributed by atoms with Gasteiger partial charge in [0.25, 0.3) is 0 Å². The Morgan fingerprint density at radius 2 is 2.14 bits per heavy atom. The van der Waals surface area contributed by atoms with Gasteiger partial charge in [0.2, 0.25) is 5.82 Å². The molecule has 0 bridgehead atoms. The molecule has 2 aromatic rings. The van der Waals surface area contributed by atoms with Crippen molar-refractivity contribution in [1.82, 2.24) is 29.9 Å².